The lowest BCUT2D eigenvalue weighted by molar-refractivity contribution is -0.0266. The van der Waals surface area contributed by atoms with Crippen LogP contribution in [0.3, 0.4) is 0 Å². The van der Waals surface area contributed by atoms with Gasteiger partial charge in [-0.2, -0.15) is 0 Å². The van der Waals surface area contributed by atoms with Crippen molar-refractivity contribution in [3.8, 4) is 0 Å². The zero-order valence-corrected chi connectivity index (χ0v) is 14.3. The van der Waals surface area contributed by atoms with Gasteiger partial charge in [-0.15, -0.1) is 11.3 Å². The molecular weight excluding hydrogens is 312 g/mol. The fourth-order valence-electron chi connectivity index (χ4n) is 2.74. The maximum absolute atomic E-state index is 12.6. The van der Waals surface area contributed by atoms with Crippen molar-refractivity contribution in [3.05, 3.63) is 46.0 Å². The van der Waals surface area contributed by atoms with Crippen LogP contribution in [0.4, 0.5) is 4.79 Å². The van der Waals surface area contributed by atoms with E-state index < -0.39 is 0 Å². The second-order valence-electron chi connectivity index (χ2n) is 5.68. The Morgan fingerprint density at radius 1 is 1.48 bits per heavy atom. The zero-order valence-electron chi connectivity index (χ0n) is 13.5. The van der Waals surface area contributed by atoms with Crippen molar-refractivity contribution in [2.45, 2.75) is 32.4 Å². The number of carbonyl (C=O) groups excluding carboxylic acids is 1. The van der Waals surface area contributed by atoms with Gasteiger partial charge in [-0.05, 0) is 36.9 Å². The number of hydrogen-bond acceptors (Lipinski definition) is 4. The summed E-state index contributed by atoms with van der Waals surface area (Å²) < 4.78 is 11.4. The molecule has 2 amide bonds. The summed E-state index contributed by atoms with van der Waals surface area (Å²) in [6.45, 7) is 5.62. The van der Waals surface area contributed by atoms with Gasteiger partial charge in [-0.1, -0.05) is 13.0 Å². The number of thiophene rings is 1. The second-order valence-corrected chi connectivity index (χ2v) is 6.66. The van der Waals surface area contributed by atoms with Crippen LogP contribution in [0.2, 0.25) is 0 Å². The quantitative estimate of drug-likeness (QED) is 0.923. The van der Waals surface area contributed by atoms with E-state index in [2.05, 4.69) is 18.3 Å². The molecule has 0 aromatic carbocycles. The van der Waals surface area contributed by atoms with Crippen LogP contribution >= 0.6 is 11.3 Å². The van der Waals surface area contributed by atoms with Gasteiger partial charge in [0.2, 0.25) is 0 Å². The van der Waals surface area contributed by atoms with Gasteiger partial charge < -0.3 is 19.4 Å². The van der Waals surface area contributed by atoms with Gasteiger partial charge in [-0.3, -0.25) is 0 Å². The Balaban J connectivity index is 1.62. The fraction of sp³-hybridized carbons (Fsp3) is 0.471. The topological polar surface area (TPSA) is 54.7 Å². The molecule has 0 bridgehead atoms. The minimum atomic E-state index is -0.190. The van der Waals surface area contributed by atoms with Crippen molar-refractivity contribution in [2.75, 3.05) is 19.7 Å². The number of aryl methyl sites for hydroxylation is 1. The molecule has 3 rings (SSSR count). The summed E-state index contributed by atoms with van der Waals surface area (Å²) in [6.07, 6.45) is 0.683. The minimum Gasteiger partial charge on any atom is -0.464 e. The molecule has 0 saturated carbocycles. The summed E-state index contributed by atoms with van der Waals surface area (Å²) in [5, 5.41) is 5.16. The Bertz CT molecular complexity index is 638. The molecule has 1 aliphatic rings. The van der Waals surface area contributed by atoms with Crippen LogP contribution in [0, 0.1) is 6.92 Å². The number of nitrogens with zero attached hydrogens (tertiary/aromatic N) is 1. The summed E-state index contributed by atoms with van der Waals surface area (Å²) in [6, 6.07) is 7.94. The molecule has 0 spiro atoms. The number of carbonyl (C=O) groups is 1. The number of amides is 2. The Kier molecular flexibility index (Phi) is 5.03. The summed E-state index contributed by atoms with van der Waals surface area (Å²) >= 11 is 1.67. The average Bonchev–Trinajstić information content (AvgIpc) is 3.24. The molecule has 3 heterocycles. The summed E-state index contributed by atoms with van der Waals surface area (Å²) in [5.41, 5.74) is 0. The number of rotatable bonds is 4. The first-order valence-corrected chi connectivity index (χ1v) is 8.82. The summed E-state index contributed by atoms with van der Waals surface area (Å²) in [4.78, 5) is 15.6. The lowest BCUT2D eigenvalue weighted by Gasteiger charge is -2.33. The maximum atomic E-state index is 12.6. The largest absolute Gasteiger partial charge is 0.464 e. The number of morpholine rings is 1. The molecule has 1 saturated heterocycles. The Labute approximate surface area is 140 Å². The Morgan fingerprint density at radius 2 is 2.35 bits per heavy atom. The van der Waals surface area contributed by atoms with Crippen LogP contribution < -0.4 is 5.32 Å². The molecule has 0 radical (unpaired) electrons. The summed E-state index contributed by atoms with van der Waals surface area (Å²) in [5.74, 6) is 1.64. The van der Waals surface area contributed by atoms with E-state index in [1.54, 1.807) is 11.3 Å². The Hall–Kier alpha value is -1.79. The number of urea groups is 1. The van der Waals surface area contributed by atoms with E-state index >= 15 is 0 Å². The van der Waals surface area contributed by atoms with Gasteiger partial charge in [-0.25, -0.2) is 4.79 Å². The SMILES string of the molecule is CC[C@@H](NC(=O)N1CCO[C@@H](c2ccc(C)o2)C1)c1cccs1. The molecular formula is C17H22N2O3S. The molecule has 124 valence electrons. The van der Waals surface area contributed by atoms with Crippen molar-refractivity contribution in [2.24, 2.45) is 0 Å². The third-order valence-corrected chi connectivity index (χ3v) is 5.01. The summed E-state index contributed by atoms with van der Waals surface area (Å²) in [7, 11) is 0. The fourth-order valence-corrected chi connectivity index (χ4v) is 3.60. The smallest absolute Gasteiger partial charge is 0.318 e. The third-order valence-electron chi connectivity index (χ3n) is 4.02. The monoisotopic (exact) mass is 334 g/mol. The molecule has 1 N–H and O–H groups in total. The van der Waals surface area contributed by atoms with Gasteiger partial charge in [0.25, 0.3) is 0 Å². The van der Waals surface area contributed by atoms with Crippen LogP contribution in [-0.4, -0.2) is 30.6 Å². The van der Waals surface area contributed by atoms with Gasteiger partial charge in [0.1, 0.15) is 17.6 Å². The van der Waals surface area contributed by atoms with Gasteiger partial charge in [0.15, 0.2) is 0 Å². The minimum absolute atomic E-state index is 0.0400. The average molecular weight is 334 g/mol. The number of furan rings is 1. The first kappa shape index (κ1) is 16.1. The van der Waals surface area contributed by atoms with E-state index in [-0.39, 0.29) is 18.2 Å². The highest BCUT2D eigenvalue weighted by atomic mass is 32.1. The van der Waals surface area contributed by atoms with Crippen molar-refractivity contribution < 1.29 is 13.9 Å². The predicted octanol–water partition coefficient (Wildman–Crippen LogP) is 3.88. The normalized spacial score (nSPS) is 19.6. The van der Waals surface area contributed by atoms with E-state index in [0.29, 0.717) is 19.7 Å². The first-order chi connectivity index (χ1) is 11.2. The standard InChI is InChI=1S/C17H22N2O3S/c1-3-13(16-5-4-10-23-16)18-17(20)19-8-9-21-15(11-19)14-7-6-12(2)22-14/h4-7,10,13,15H,3,8-9,11H2,1-2H3,(H,18,20)/t13-,15-/m1/s1. The molecule has 0 aliphatic carbocycles. The van der Waals surface area contributed by atoms with E-state index in [0.717, 1.165) is 17.9 Å². The maximum Gasteiger partial charge on any atom is 0.318 e. The molecule has 5 nitrogen and oxygen atoms in total. The van der Waals surface area contributed by atoms with E-state index in [9.17, 15) is 4.79 Å². The van der Waals surface area contributed by atoms with Crippen molar-refractivity contribution in [1.29, 1.82) is 0 Å². The highest BCUT2D eigenvalue weighted by Crippen LogP contribution is 2.25. The lowest BCUT2D eigenvalue weighted by Crippen LogP contribution is -2.47. The van der Waals surface area contributed by atoms with Gasteiger partial charge in [0.05, 0.1) is 19.2 Å². The van der Waals surface area contributed by atoms with Crippen LogP contribution in [0.15, 0.2) is 34.1 Å². The lowest BCUT2D eigenvalue weighted by atomic mass is 10.2. The number of ether oxygens (including phenoxy) is 1. The molecule has 1 fully saturated rings. The van der Waals surface area contributed by atoms with Crippen molar-refractivity contribution >= 4 is 17.4 Å². The van der Waals surface area contributed by atoms with Crippen LogP contribution in [0.25, 0.3) is 0 Å². The molecule has 2 aromatic rings. The van der Waals surface area contributed by atoms with Gasteiger partial charge >= 0.3 is 6.03 Å². The molecule has 2 aromatic heterocycles. The van der Waals surface area contributed by atoms with Crippen LogP contribution in [0.5, 0.6) is 0 Å². The molecule has 6 heteroatoms. The zero-order chi connectivity index (χ0) is 16.2. The third kappa shape index (κ3) is 3.76. The second kappa shape index (κ2) is 7.19. The first-order valence-electron chi connectivity index (χ1n) is 7.94. The molecule has 23 heavy (non-hydrogen) atoms. The Morgan fingerprint density at radius 3 is 3.00 bits per heavy atom. The molecule has 2 atom stereocenters. The number of hydrogen-bond donors (Lipinski definition) is 1. The van der Waals surface area contributed by atoms with Crippen molar-refractivity contribution in [3.63, 3.8) is 0 Å². The van der Waals surface area contributed by atoms with E-state index in [4.69, 9.17) is 9.15 Å². The van der Waals surface area contributed by atoms with Gasteiger partial charge in [0, 0.05) is 11.4 Å². The molecule has 1 aliphatic heterocycles. The van der Waals surface area contributed by atoms with E-state index in [1.165, 1.54) is 4.88 Å². The highest BCUT2D eigenvalue weighted by Gasteiger charge is 2.28. The van der Waals surface area contributed by atoms with E-state index in [1.807, 2.05) is 35.4 Å². The molecule has 0 unspecified atom stereocenters. The van der Waals surface area contributed by atoms with Crippen LogP contribution in [0.1, 0.15) is 41.9 Å². The number of nitrogens with one attached hydrogen (secondary N) is 1. The van der Waals surface area contributed by atoms with Crippen molar-refractivity contribution in [1.82, 2.24) is 10.2 Å². The predicted molar refractivity (Wildman–Crippen MR) is 89.6 cm³/mol. The van der Waals surface area contributed by atoms with Crippen LogP contribution in [-0.2, 0) is 4.74 Å². The highest BCUT2D eigenvalue weighted by molar-refractivity contribution is 7.10.